The first-order chi connectivity index (χ1) is 11.5. The minimum Gasteiger partial charge on any atom is -0.317 e. The van der Waals surface area contributed by atoms with Crippen LogP contribution in [0.25, 0.3) is 0 Å². The zero-order valence-corrected chi connectivity index (χ0v) is 14.6. The summed E-state index contributed by atoms with van der Waals surface area (Å²) in [5.74, 6) is 1.04. The van der Waals surface area contributed by atoms with Gasteiger partial charge in [0.2, 0.25) is 0 Å². The molecular weight excluding hydrogens is 328 g/mol. The van der Waals surface area contributed by atoms with E-state index in [0.717, 1.165) is 12.2 Å². The number of hydrogen-bond donors (Lipinski definition) is 1. The van der Waals surface area contributed by atoms with Gasteiger partial charge in [-0.15, -0.1) is 0 Å². The van der Waals surface area contributed by atoms with Crippen LogP contribution in [0.4, 0.5) is 10.6 Å². The van der Waals surface area contributed by atoms with Crippen molar-refractivity contribution in [2.45, 2.75) is 51.7 Å². The Labute approximate surface area is 145 Å². The molecule has 2 aromatic rings. The lowest BCUT2D eigenvalue weighted by Crippen LogP contribution is -2.41. The maximum absolute atomic E-state index is 12.5. The minimum atomic E-state index is -0.175. The standard InChI is InChI=1S/C16H21ClN6O/c1-10(2)23-9-13(17)15(20-23)18-16(24)21-5-6-22-12(8-21)7-14(19-22)11-3-4-11/h7,9-11H,3-6,8H2,1-2H3,(H,18,20,24). The van der Waals surface area contributed by atoms with Crippen molar-refractivity contribution >= 4 is 23.4 Å². The highest BCUT2D eigenvalue weighted by molar-refractivity contribution is 6.33. The molecule has 3 heterocycles. The zero-order chi connectivity index (χ0) is 16.8. The van der Waals surface area contributed by atoms with Gasteiger partial charge in [-0.3, -0.25) is 14.7 Å². The Bertz CT molecular complexity index is 776. The van der Waals surface area contributed by atoms with Gasteiger partial charge in [0, 0.05) is 24.7 Å². The third kappa shape index (κ3) is 2.88. The van der Waals surface area contributed by atoms with Crippen molar-refractivity contribution in [1.29, 1.82) is 0 Å². The van der Waals surface area contributed by atoms with Crippen molar-refractivity contribution in [1.82, 2.24) is 24.5 Å². The summed E-state index contributed by atoms with van der Waals surface area (Å²) in [6, 6.07) is 2.15. The molecule has 0 spiro atoms. The lowest BCUT2D eigenvalue weighted by Gasteiger charge is -2.27. The number of amides is 2. The molecule has 0 radical (unpaired) electrons. The highest BCUT2D eigenvalue weighted by Crippen LogP contribution is 2.39. The Kier molecular flexibility index (Phi) is 3.75. The maximum atomic E-state index is 12.5. The molecule has 1 fully saturated rings. The Morgan fingerprint density at radius 1 is 1.33 bits per heavy atom. The van der Waals surface area contributed by atoms with Crippen molar-refractivity contribution in [3.05, 3.63) is 28.7 Å². The molecule has 2 aromatic heterocycles. The van der Waals surface area contributed by atoms with Gasteiger partial charge in [0.15, 0.2) is 5.82 Å². The van der Waals surface area contributed by atoms with E-state index in [4.69, 9.17) is 11.6 Å². The quantitative estimate of drug-likeness (QED) is 0.925. The first-order valence-electron chi connectivity index (χ1n) is 8.38. The van der Waals surface area contributed by atoms with E-state index in [1.165, 1.54) is 18.5 Å². The number of anilines is 1. The van der Waals surface area contributed by atoms with Gasteiger partial charge in [-0.2, -0.15) is 10.2 Å². The Morgan fingerprint density at radius 2 is 2.12 bits per heavy atom. The number of nitrogens with one attached hydrogen (secondary N) is 1. The molecule has 2 aliphatic rings. The van der Waals surface area contributed by atoms with Crippen molar-refractivity contribution in [2.75, 3.05) is 11.9 Å². The van der Waals surface area contributed by atoms with Crippen LogP contribution in [-0.4, -0.2) is 37.0 Å². The third-order valence-corrected chi connectivity index (χ3v) is 4.82. The summed E-state index contributed by atoms with van der Waals surface area (Å²) in [7, 11) is 0. The van der Waals surface area contributed by atoms with Gasteiger partial charge in [-0.1, -0.05) is 11.6 Å². The number of nitrogens with zero attached hydrogens (tertiary/aromatic N) is 5. The predicted octanol–water partition coefficient (Wildman–Crippen LogP) is 3.24. The average Bonchev–Trinajstić information content (AvgIpc) is 3.21. The van der Waals surface area contributed by atoms with Crippen LogP contribution in [0.3, 0.4) is 0 Å². The monoisotopic (exact) mass is 348 g/mol. The maximum Gasteiger partial charge on any atom is 0.323 e. The summed E-state index contributed by atoms with van der Waals surface area (Å²) >= 11 is 6.17. The van der Waals surface area contributed by atoms with Gasteiger partial charge in [0.1, 0.15) is 5.02 Å². The first-order valence-corrected chi connectivity index (χ1v) is 8.76. The van der Waals surface area contributed by atoms with Gasteiger partial charge in [0.25, 0.3) is 0 Å². The number of aromatic nitrogens is 4. The van der Waals surface area contributed by atoms with Crippen LogP contribution < -0.4 is 5.32 Å². The largest absolute Gasteiger partial charge is 0.323 e. The third-order valence-electron chi connectivity index (χ3n) is 4.54. The molecule has 1 saturated carbocycles. The zero-order valence-electron chi connectivity index (χ0n) is 13.9. The van der Waals surface area contributed by atoms with Crippen LogP contribution in [0.5, 0.6) is 0 Å². The molecular formula is C16H21ClN6O. The van der Waals surface area contributed by atoms with E-state index >= 15 is 0 Å². The molecule has 128 valence electrons. The van der Waals surface area contributed by atoms with Crippen LogP contribution in [0.1, 0.15) is 50.0 Å². The van der Waals surface area contributed by atoms with Gasteiger partial charge in [-0.25, -0.2) is 4.79 Å². The number of urea groups is 1. The SMILES string of the molecule is CC(C)n1cc(Cl)c(NC(=O)N2CCn3nc(C4CC4)cc3C2)n1. The molecule has 0 unspecified atom stereocenters. The lowest BCUT2D eigenvalue weighted by atomic mass is 10.2. The topological polar surface area (TPSA) is 68.0 Å². The molecule has 7 nitrogen and oxygen atoms in total. The van der Waals surface area contributed by atoms with Gasteiger partial charge >= 0.3 is 6.03 Å². The van der Waals surface area contributed by atoms with Gasteiger partial charge in [0.05, 0.1) is 24.5 Å². The van der Waals surface area contributed by atoms with E-state index in [9.17, 15) is 4.79 Å². The number of halogens is 1. The average molecular weight is 349 g/mol. The van der Waals surface area contributed by atoms with Crippen molar-refractivity contribution in [3.63, 3.8) is 0 Å². The van der Waals surface area contributed by atoms with Crippen molar-refractivity contribution < 1.29 is 4.79 Å². The van der Waals surface area contributed by atoms with Crippen LogP contribution in [0.2, 0.25) is 5.02 Å². The highest BCUT2D eigenvalue weighted by atomic mass is 35.5. The smallest absolute Gasteiger partial charge is 0.317 e. The highest BCUT2D eigenvalue weighted by Gasteiger charge is 2.30. The number of rotatable bonds is 3. The molecule has 4 rings (SSSR count). The fourth-order valence-corrected chi connectivity index (χ4v) is 3.12. The van der Waals surface area contributed by atoms with Crippen LogP contribution in [-0.2, 0) is 13.1 Å². The summed E-state index contributed by atoms with van der Waals surface area (Å²) in [6.07, 6.45) is 4.20. The van der Waals surface area contributed by atoms with E-state index in [1.54, 1.807) is 15.8 Å². The van der Waals surface area contributed by atoms with Gasteiger partial charge < -0.3 is 4.90 Å². The summed E-state index contributed by atoms with van der Waals surface area (Å²) in [5, 5.41) is 12.3. The minimum absolute atomic E-state index is 0.175. The molecule has 0 aromatic carbocycles. The van der Waals surface area contributed by atoms with Crippen molar-refractivity contribution in [3.8, 4) is 0 Å². The number of carbonyl (C=O) groups excluding carboxylic acids is 1. The predicted molar refractivity (Wildman–Crippen MR) is 91.3 cm³/mol. The number of hydrogen-bond acceptors (Lipinski definition) is 3. The van der Waals surface area contributed by atoms with E-state index < -0.39 is 0 Å². The second-order valence-electron chi connectivity index (χ2n) is 6.81. The summed E-state index contributed by atoms with van der Waals surface area (Å²) < 4.78 is 3.77. The molecule has 2 amide bonds. The Hall–Kier alpha value is -2.02. The molecule has 0 saturated heterocycles. The van der Waals surface area contributed by atoms with E-state index in [1.807, 2.05) is 18.5 Å². The first kappa shape index (κ1) is 15.5. The van der Waals surface area contributed by atoms with Crippen LogP contribution in [0.15, 0.2) is 12.3 Å². The van der Waals surface area contributed by atoms with E-state index in [0.29, 0.717) is 29.8 Å². The Morgan fingerprint density at radius 3 is 2.79 bits per heavy atom. The summed E-state index contributed by atoms with van der Waals surface area (Å²) in [6.45, 7) is 5.95. The fourth-order valence-electron chi connectivity index (χ4n) is 2.94. The lowest BCUT2D eigenvalue weighted by molar-refractivity contribution is 0.194. The van der Waals surface area contributed by atoms with Crippen molar-refractivity contribution in [2.24, 2.45) is 0 Å². The second kappa shape index (κ2) is 5.81. The molecule has 24 heavy (non-hydrogen) atoms. The molecule has 0 atom stereocenters. The second-order valence-corrected chi connectivity index (χ2v) is 7.22. The fraction of sp³-hybridized carbons (Fsp3) is 0.562. The van der Waals surface area contributed by atoms with Crippen LogP contribution >= 0.6 is 11.6 Å². The van der Waals surface area contributed by atoms with Gasteiger partial charge in [-0.05, 0) is 32.8 Å². The van der Waals surface area contributed by atoms with E-state index in [2.05, 4.69) is 21.6 Å². The molecule has 1 aliphatic heterocycles. The molecule has 1 aliphatic carbocycles. The molecule has 1 N–H and O–H groups in total. The molecule has 8 heteroatoms. The van der Waals surface area contributed by atoms with E-state index in [-0.39, 0.29) is 12.1 Å². The summed E-state index contributed by atoms with van der Waals surface area (Å²) in [5.41, 5.74) is 2.27. The number of fused-ring (bicyclic) bond motifs is 1. The normalized spacial score (nSPS) is 17.2. The van der Waals surface area contributed by atoms with Crippen LogP contribution in [0, 0.1) is 0 Å². The molecule has 0 bridgehead atoms. The number of carbonyl (C=O) groups is 1. The summed E-state index contributed by atoms with van der Waals surface area (Å²) in [4.78, 5) is 14.3. The Balaban J connectivity index is 1.45.